The van der Waals surface area contributed by atoms with Gasteiger partial charge < -0.3 is 14.2 Å². The van der Waals surface area contributed by atoms with Gasteiger partial charge in [0.25, 0.3) is 0 Å². The Balaban J connectivity index is 4.22. The average molecular weight is 1070 g/mol. The first-order valence-electron chi connectivity index (χ1n) is 31.7. The number of hydrogen-bond donors (Lipinski definition) is 0. The molecule has 0 aromatic carbocycles. The molecule has 0 spiro atoms. The quantitative estimate of drug-likeness (QED) is 0.0261. The van der Waals surface area contributed by atoms with Crippen LogP contribution in [0.2, 0.25) is 0 Å². The Bertz CT molecular complexity index is 1650. The first kappa shape index (κ1) is 72.5. The number of ether oxygens (including phenoxy) is 3. The fourth-order valence-electron chi connectivity index (χ4n) is 8.47. The topological polar surface area (TPSA) is 78.9 Å². The summed E-state index contributed by atoms with van der Waals surface area (Å²) in [5.41, 5.74) is 0. The SMILES string of the molecule is CC/C=C\C/C=C\C/C=C\C/C=C\C/C=C\C/C=C\C/C=C\C/C=C\CCCCCCCCCCC(=O)OCC(COC(=O)CCCCCCCCCCC)OC(=O)CCCCCCCCC/C=C\C/C=C\C/C=C\CC. The van der Waals surface area contributed by atoms with Gasteiger partial charge in [-0.2, -0.15) is 0 Å². The van der Waals surface area contributed by atoms with E-state index in [1.54, 1.807) is 0 Å². The van der Waals surface area contributed by atoms with Crippen LogP contribution in [0.4, 0.5) is 0 Å². The van der Waals surface area contributed by atoms with E-state index in [0.29, 0.717) is 19.3 Å². The van der Waals surface area contributed by atoms with E-state index in [1.807, 2.05) is 0 Å². The van der Waals surface area contributed by atoms with Gasteiger partial charge in [0.1, 0.15) is 13.2 Å². The van der Waals surface area contributed by atoms with Crippen molar-refractivity contribution in [1.82, 2.24) is 0 Å². The van der Waals surface area contributed by atoms with Crippen LogP contribution in [0.15, 0.2) is 134 Å². The second kappa shape index (κ2) is 64.1. The van der Waals surface area contributed by atoms with Gasteiger partial charge in [0.15, 0.2) is 6.10 Å². The Morgan fingerprint density at radius 1 is 0.273 bits per heavy atom. The lowest BCUT2D eigenvalue weighted by atomic mass is 10.1. The molecule has 0 aliphatic rings. The molecule has 0 aromatic rings. The molecular weight excluding hydrogens is 949 g/mol. The van der Waals surface area contributed by atoms with Gasteiger partial charge in [0.2, 0.25) is 0 Å². The molecule has 0 amide bonds. The van der Waals surface area contributed by atoms with Crippen LogP contribution in [0.1, 0.15) is 278 Å². The zero-order valence-corrected chi connectivity index (χ0v) is 49.9. The molecule has 436 valence electrons. The Kier molecular flexibility index (Phi) is 60.4. The van der Waals surface area contributed by atoms with Crippen LogP contribution in [0.25, 0.3) is 0 Å². The minimum Gasteiger partial charge on any atom is -0.462 e. The third-order valence-electron chi connectivity index (χ3n) is 13.2. The monoisotopic (exact) mass is 1060 g/mol. The van der Waals surface area contributed by atoms with Crippen LogP contribution in [-0.2, 0) is 28.6 Å². The highest BCUT2D eigenvalue weighted by molar-refractivity contribution is 5.71. The number of allylic oxidation sites excluding steroid dienone is 22. The molecule has 0 radical (unpaired) electrons. The largest absolute Gasteiger partial charge is 0.462 e. The van der Waals surface area contributed by atoms with Gasteiger partial charge >= 0.3 is 17.9 Å². The van der Waals surface area contributed by atoms with Crippen LogP contribution in [0, 0.1) is 0 Å². The number of hydrogen-bond acceptors (Lipinski definition) is 6. The summed E-state index contributed by atoms with van der Waals surface area (Å²) in [5, 5.41) is 0. The minimum absolute atomic E-state index is 0.0856. The highest BCUT2D eigenvalue weighted by atomic mass is 16.6. The highest BCUT2D eigenvalue weighted by Crippen LogP contribution is 2.15. The molecule has 0 saturated heterocycles. The average Bonchev–Trinajstić information content (AvgIpc) is 3.43. The number of carbonyl (C=O) groups is 3. The molecule has 6 nitrogen and oxygen atoms in total. The summed E-state index contributed by atoms with van der Waals surface area (Å²) < 4.78 is 16.8. The van der Waals surface area contributed by atoms with Gasteiger partial charge in [0, 0.05) is 19.3 Å². The van der Waals surface area contributed by atoms with Crippen molar-refractivity contribution in [2.24, 2.45) is 0 Å². The van der Waals surface area contributed by atoms with Gasteiger partial charge in [-0.1, -0.05) is 276 Å². The van der Waals surface area contributed by atoms with Crippen LogP contribution >= 0.6 is 0 Å². The first-order valence-corrected chi connectivity index (χ1v) is 31.7. The molecule has 0 aliphatic heterocycles. The van der Waals surface area contributed by atoms with E-state index in [4.69, 9.17) is 14.2 Å². The summed E-state index contributed by atoms with van der Waals surface area (Å²) >= 11 is 0. The third kappa shape index (κ3) is 62.3. The van der Waals surface area contributed by atoms with E-state index >= 15 is 0 Å². The summed E-state index contributed by atoms with van der Waals surface area (Å²) in [4.78, 5) is 38.1. The molecule has 0 saturated carbocycles. The molecule has 0 rings (SSSR count). The van der Waals surface area contributed by atoms with Crippen molar-refractivity contribution in [2.45, 2.75) is 284 Å². The zero-order chi connectivity index (χ0) is 55.7. The normalized spacial score (nSPS) is 13.0. The number of esters is 3. The van der Waals surface area contributed by atoms with Crippen LogP contribution in [-0.4, -0.2) is 37.2 Å². The van der Waals surface area contributed by atoms with E-state index < -0.39 is 6.10 Å². The highest BCUT2D eigenvalue weighted by Gasteiger charge is 2.19. The van der Waals surface area contributed by atoms with Crippen molar-refractivity contribution in [1.29, 1.82) is 0 Å². The predicted molar refractivity (Wildman–Crippen MR) is 334 cm³/mol. The lowest BCUT2D eigenvalue weighted by Gasteiger charge is -2.18. The Morgan fingerprint density at radius 2 is 0.506 bits per heavy atom. The van der Waals surface area contributed by atoms with Crippen LogP contribution in [0.5, 0.6) is 0 Å². The number of rotatable bonds is 56. The van der Waals surface area contributed by atoms with Gasteiger partial charge in [-0.25, -0.2) is 0 Å². The molecule has 1 atom stereocenters. The molecule has 0 heterocycles. The maximum absolute atomic E-state index is 12.9. The second-order valence-electron chi connectivity index (χ2n) is 20.6. The summed E-state index contributed by atoms with van der Waals surface area (Å²) in [7, 11) is 0. The van der Waals surface area contributed by atoms with Gasteiger partial charge in [-0.3, -0.25) is 14.4 Å². The zero-order valence-electron chi connectivity index (χ0n) is 49.9. The van der Waals surface area contributed by atoms with Crippen LogP contribution < -0.4 is 0 Å². The van der Waals surface area contributed by atoms with Crippen molar-refractivity contribution in [3.05, 3.63) is 134 Å². The molecule has 1 unspecified atom stereocenters. The molecule has 6 heteroatoms. The van der Waals surface area contributed by atoms with E-state index in [-0.39, 0.29) is 31.1 Å². The summed E-state index contributed by atoms with van der Waals surface area (Å²) in [6, 6.07) is 0. The predicted octanol–water partition coefficient (Wildman–Crippen LogP) is 21.8. The number of carbonyl (C=O) groups excluding carboxylic acids is 3. The van der Waals surface area contributed by atoms with Crippen molar-refractivity contribution < 1.29 is 28.6 Å². The molecule has 0 bridgehead atoms. The Morgan fingerprint density at radius 3 is 0.792 bits per heavy atom. The summed E-state index contributed by atoms with van der Waals surface area (Å²) in [6.07, 6.45) is 90.4. The van der Waals surface area contributed by atoms with E-state index in [0.717, 1.165) is 141 Å². The Hall–Kier alpha value is -4.45. The van der Waals surface area contributed by atoms with Gasteiger partial charge in [0.05, 0.1) is 0 Å². The molecule has 0 aliphatic carbocycles. The van der Waals surface area contributed by atoms with E-state index in [2.05, 4.69) is 154 Å². The maximum atomic E-state index is 12.9. The van der Waals surface area contributed by atoms with Gasteiger partial charge in [-0.05, 0) is 116 Å². The lowest BCUT2D eigenvalue weighted by molar-refractivity contribution is -0.167. The summed E-state index contributed by atoms with van der Waals surface area (Å²) in [5.74, 6) is -0.906. The fraction of sp³-hybridized carbons (Fsp3) is 0.648. The van der Waals surface area contributed by atoms with E-state index in [1.165, 1.54) is 96.3 Å². The van der Waals surface area contributed by atoms with Crippen molar-refractivity contribution in [3.63, 3.8) is 0 Å². The molecular formula is C71H116O6. The fourth-order valence-corrected chi connectivity index (χ4v) is 8.47. The van der Waals surface area contributed by atoms with Gasteiger partial charge in [-0.15, -0.1) is 0 Å². The standard InChI is InChI=1S/C71H116O6/c1-4-7-10-13-16-19-21-23-25-27-28-29-30-31-32-33-34-35-36-37-38-39-40-41-42-44-45-47-49-52-55-58-61-64-70(73)76-67-68(66-75-69(72)63-60-57-54-51-18-15-12-9-6-3)77-71(74)65-62-59-56-53-50-48-46-43-26-24-22-20-17-14-11-8-5-2/h7-8,10-11,16-17,19-20,23-26,28-29,31-32,34-35,37-38,40-41,68H,4-6,9,12-15,18,21-22,27,30,33,36,39,42-67H2,1-3H3/b10-7-,11-8-,19-16-,20-17-,25-23-,26-24-,29-28-,32-31-,35-34-,38-37-,41-40-. The smallest absolute Gasteiger partial charge is 0.306 e. The molecule has 0 N–H and O–H groups in total. The Labute approximate surface area is 475 Å². The second-order valence-corrected chi connectivity index (χ2v) is 20.6. The lowest BCUT2D eigenvalue weighted by Crippen LogP contribution is -2.30. The molecule has 0 fully saturated rings. The van der Waals surface area contributed by atoms with Crippen molar-refractivity contribution in [2.75, 3.05) is 13.2 Å². The molecule has 0 aromatic heterocycles. The third-order valence-corrected chi connectivity index (χ3v) is 13.2. The first-order chi connectivity index (χ1) is 38.0. The number of unbranched alkanes of at least 4 members (excludes halogenated alkanes) is 23. The van der Waals surface area contributed by atoms with E-state index in [9.17, 15) is 14.4 Å². The van der Waals surface area contributed by atoms with Crippen molar-refractivity contribution in [3.8, 4) is 0 Å². The van der Waals surface area contributed by atoms with Crippen LogP contribution in [0.3, 0.4) is 0 Å². The maximum Gasteiger partial charge on any atom is 0.306 e. The van der Waals surface area contributed by atoms with Crippen molar-refractivity contribution >= 4 is 17.9 Å². The minimum atomic E-state index is -0.788. The summed E-state index contributed by atoms with van der Waals surface area (Å²) in [6.45, 7) is 6.38. The molecule has 77 heavy (non-hydrogen) atoms.